The lowest BCUT2D eigenvalue weighted by atomic mass is 10.1. The summed E-state index contributed by atoms with van der Waals surface area (Å²) in [5.74, 6) is -0.974. The number of rotatable bonds is 0. The van der Waals surface area contributed by atoms with E-state index in [-0.39, 0.29) is 6.42 Å². The molecule has 2 heterocycles. The maximum Gasteiger partial charge on any atom is 0.346 e. The third kappa shape index (κ3) is 0.952. The number of hydrogen-bond acceptors (Lipinski definition) is 4. The number of carbonyl (C=O) groups is 2. The molecular weight excluding hydrogens is 164 g/mol. The predicted octanol–water partition coefficient (Wildman–Crippen LogP) is 0.988. The van der Waals surface area contributed by atoms with Crippen molar-refractivity contribution in [2.75, 3.05) is 0 Å². The Morgan fingerprint density at radius 2 is 2.18 bits per heavy atom. The number of thiophene rings is 1. The Bertz CT molecular complexity index is 326. The van der Waals surface area contributed by atoms with Crippen LogP contribution < -0.4 is 0 Å². The van der Waals surface area contributed by atoms with Crippen LogP contribution in [-0.2, 0) is 16.0 Å². The molecule has 0 bridgehead atoms. The van der Waals surface area contributed by atoms with E-state index in [0.717, 1.165) is 5.56 Å². The molecule has 0 spiro atoms. The van der Waals surface area contributed by atoms with Crippen LogP contribution in [0.3, 0.4) is 0 Å². The summed E-state index contributed by atoms with van der Waals surface area (Å²) in [5, 5.41) is 3.50. The molecule has 1 aliphatic rings. The first kappa shape index (κ1) is 6.54. The number of ether oxygens (including phenoxy) is 1. The van der Waals surface area contributed by atoms with Gasteiger partial charge in [-0.3, -0.25) is 4.79 Å². The number of carbonyl (C=O) groups excluding carboxylic acids is 2. The van der Waals surface area contributed by atoms with Crippen LogP contribution in [-0.4, -0.2) is 11.9 Å². The van der Waals surface area contributed by atoms with Gasteiger partial charge in [0.15, 0.2) is 0 Å². The van der Waals surface area contributed by atoms with E-state index < -0.39 is 11.9 Å². The fourth-order valence-electron chi connectivity index (χ4n) is 0.989. The van der Waals surface area contributed by atoms with Crippen molar-refractivity contribution in [2.45, 2.75) is 6.42 Å². The van der Waals surface area contributed by atoms with Crippen molar-refractivity contribution < 1.29 is 14.3 Å². The molecule has 1 aromatic heterocycles. The second-order valence-electron chi connectivity index (χ2n) is 2.25. The van der Waals surface area contributed by atoms with Crippen molar-refractivity contribution in [1.82, 2.24) is 0 Å². The lowest BCUT2D eigenvalue weighted by Crippen LogP contribution is -2.21. The summed E-state index contributed by atoms with van der Waals surface area (Å²) in [6, 6.07) is 0. The summed E-state index contributed by atoms with van der Waals surface area (Å²) in [6.45, 7) is 0. The van der Waals surface area contributed by atoms with Crippen molar-refractivity contribution in [3.63, 3.8) is 0 Å². The molecule has 1 aliphatic heterocycles. The molecule has 0 aliphatic carbocycles. The predicted molar refractivity (Wildman–Crippen MR) is 38.4 cm³/mol. The monoisotopic (exact) mass is 168 g/mol. The molecule has 0 unspecified atom stereocenters. The van der Waals surface area contributed by atoms with E-state index in [4.69, 9.17) is 0 Å². The largest absolute Gasteiger partial charge is 0.389 e. The van der Waals surface area contributed by atoms with E-state index in [1.165, 1.54) is 11.3 Å². The highest BCUT2D eigenvalue weighted by molar-refractivity contribution is 7.08. The Balaban J connectivity index is 2.52. The zero-order valence-corrected chi connectivity index (χ0v) is 6.31. The van der Waals surface area contributed by atoms with Gasteiger partial charge < -0.3 is 4.74 Å². The van der Waals surface area contributed by atoms with Gasteiger partial charge in [0.25, 0.3) is 0 Å². The molecule has 3 nitrogen and oxygen atoms in total. The number of hydrogen-bond donors (Lipinski definition) is 0. The number of esters is 2. The first-order valence-electron chi connectivity index (χ1n) is 3.07. The summed E-state index contributed by atoms with van der Waals surface area (Å²) in [6.07, 6.45) is 0.227. The second kappa shape index (κ2) is 2.17. The summed E-state index contributed by atoms with van der Waals surface area (Å²) in [5.41, 5.74) is 1.32. The third-order valence-electron chi connectivity index (χ3n) is 1.50. The van der Waals surface area contributed by atoms with Crippen LogP contribution in [0.5, 0.6) is 0 Å². The molecule has 0 saturated carbocycles. The fraction of sp³-hybridized carbons (Fsp3) is 0.143. The SMILES string of the molecule is O=C1Cc2cscc2C(=O)O1. The molecule has 0 atom stereocenters. The molecular formula is C7H4O3S. The van der Waals surface area contributed by atoms with Crippen molar-refractivity contribution >= 4 is 23.3 Å². The number of fused-ring (bicyclic) bond motifs is 1. The molecule has 0 amide bonds. The van der Waals surface area contributed by atoms with Crippen LogP contribution in [0.25, 0.3) is 0 Å². The molecule has 0 radical (unpaired) electrons. The third-order valence-corrected chi connectivity index (χ3v) is 2.30. The van der Waals surface area contributed by atoms with E-state index in [9.17, 15) is 9.59 Å². The molecule has 0 aromatic carbocycles. The van der Waals surface area contributed by atoms with E-state index in [1.807, 2.05) is 0 Å². The smallest absolute Gasteiger partial charge is 0.346 e. The van der Waals surface area contributed by atoms with Gasteiger partial charge >= 0.3 is 11.9 Å². The van der Waals surface area contributed by atoms with Crippen molar-refractivity contribution in [1.29, 1.82) is 0 Å². The molecule has 1 aromatic rings. The van der Waals surface area contributed by atoms with Crippen LogP contribution in [0.4, 0.5) is 0 Å². The van der Waals surface area contributed by atoms with Gasteiger partial charge in [-0.1, -0.05) is 0 Å². The van der Waals surface area contributed by atoms with Crippen molar-refractivity contribution in [3.05, 3.63) is 21.9 Å². The first-order chi connectivity index (χ1) is 5.27. The molecule has 4 heteroatoms. The highest BCUT2D eigenvalue weighted by atomic mass is 32.1. The van der Waals surface area contributed by atoms with E-state index in [0.29, 0.717) is 5.56 Å². The summed E-state index contributed by atoms with van der Waals surface area (Å²) < 4.78 is 4.40. The standard InChI is InChI=1S/C7H4O3S/c8-6-1-4-2-11-3-5(4)7(9)10-6/h2-3H,1H2. The minimum absolute atomic E-state index is 0.227. The van der Waals surface area contributed by atoms with Gasteiger partial charge in [0.1, 0.15) is 0 Å². The van der Waals surface area contributed by atoms with Crippen LogP contribution in [0.1, 0.15) is 15.9 Å². The highest BCUT2D eigenvalue weighted by Gasteiger charge is 2.24. The van der Waals surface area contributed by atoms with Gasteiger partial charge in [-0.25, -0.2) is 4.79 Å². The fourth-order valence-corrected chi connectivity index (χ4v) is 1.82. The van der Waals surface area contributed by atoms with Crippen molar-refractivity contribution in [2.24, 2.45) is 0 Å². The maximum absolute atomic E-state index is 10.9. The van der Waals surface area contributed by atoms with Crippen LogP contribution >= 0.6 is 11.3 Å². The zero-order valence-electron chi connectivity index (χ0n) is 5.49. The summed E-state index contributed by atoms with van der Waals surface area (Å²) in [4.78, 5) is 21.6. The zero-order chi connectivity index (χ0) is 7.84. The lowest BCUT2D eigenvalue weighted by molar-refractivity contribution is -0.137. The Morgan fingerprint density at radius 1 is 1.36 bits per heavy atom. The van der Waals surface area contributed by atoms with E-state index in [1.54, 1.807) is 10.8 Å². The molecule has 2 rings (SSSR count). The van der Waals surface area contributed by atoms with Crippen LogP contribution in [0, 0.1) is 0 Å². The Labute approximate surface area is 66.6 Å². The van der Waals surface area contributed by atoms with Gasteiger partial charge in [-0.15, -0.1) is 0 Å². The average molecular weight is 168 g/mol. The summed E-state index contributed by atoms with van der Waals surface area (Å²) >= 11 is 1.41. The van der Waals surface area contributed by atoms with Crippen LogP contribution in [0.15, 0.2) is 10.8 Å². The Morgan fingerprint density at radius 3 is 3.00 bits per heavy atom. The maximum atomic E-state index is 10.9. The number of cyclic esters (lactones) is 2. The molecule has 0 fully saturated rings. The topological polar surface area (TPSA) is 43.4 Å². The molecule has 11 heavy (non-hydrogen) atoms. The van der Waals surface area contributed by atoms with Gasteiger partial charge in [-0.05, 0) is 10.9 Å². The molecule has 0 saturated heterocycles. The van der Waals surface area contributed by atoms with E-state index >= 15 is 0 Å². The molecule has 56 valence electrons. The van der Waals surface area contributed by atoms with E-state index in [2.05, 4.69) is 4.74 Å². The average Bonchev–Trinajstić information content (AvgIpc) is 2.34. The quantitative estimate of drug-likeness (QED) is 0.428. The van der Waals surface area contributed by atoms with Crippen LogP contribution in [0.2, 0.25) is 0 Å². The summed E-state index contributed by atoms with van der Waals surface area (Å²) in [7, 11) is 0. The minimum atomic E-state index is -0.516. The van der Waals surface area contributed by atoms with Gasteiger partial charge in [-0.2, -0.15) is 11.3 Å². The normalized spacial score (nSPS) is 16.0. The van der Waals surface area contributed by atoms with Crippen molar-refractivity contribution in [3.8, 4) is 0 Å². The Kier molecular flexibility index (Phi) is 1.29. The van der Waals surface area contributed by atoms with Gasteiger partial charge in [0.2, 0.25) is 0 Å². The lowest BCUT2D eigenvalue weighted by Gasteiger charge is -2.08. The molecule has 0 N–H and O–H groups in total. The highest BCUT2D eigenvalue weighted by Crippen LogP contribution is 2.20. The second-order valence-corrected chi connectivity index (χ2v) is 2.99. The minimum Gasteiger partial charge on any atom is -0.389 e. The first-order valence-corrected chi connectivity index (χ1v) is 4.02. The van der Waals surface area contributed by atoms with Gasteiger partial charge in [0, 0.05) is 5.38 Å². The van der Waals surface area contributed by atoms with Gasteiger partial charge in [0.05, 0.1) is 12.0 Å². The Hall–Kier alpha value is -1.16.